The Morgan fingerprint density at radius 2 is 1.68 bits per heavy atom. The van der Waals surface area contributed by atoms with E-state index in [2.05, 4.69) is 5.32 Å². The number of esters is 1. The van der Waals surface area contributed by atoms with Crippen molar-refractivity contribution in [3.63, 3.8) is 0 Å². The van der Waals surface area contributed by atoms with Crippen LogP contribution in [0.1, 0.15) is 37.6 Å². The maximum atomic E-state index is 13.0. The number of hydrogen-bond donors (Lipinski definition) is 1. The number of carbonyl (C=O) groups is 2. The molecule has 0 saturated carbocycles. The molecule has 0 radical (unpaired) electrons. The number of anilines is 1. The van der Waals surface area contributed by atoms with Crippen molar-refractivity contribution >= 4 is 27.6 Å². The molecule has 10 heteroatoms. The van der Waals surface area contributed by atoms with Crippen molar-refractivity contribution in [2.24, 2.45) is 11.8 Å². The third-order valence-corrected chi connectivity index (χ3v) is 7.70. The Labute approximate surface area is 199 Å². The number of benzene rings is 2. The van der Waals surface area contributed by atoms with Crippen LogP contribution in [0, 0.1) is 11.8 Å². The summed E-state index contributed by atoms with van der Waals surface area (Å²) in [6.45, 7) is 6.62. The number of amides is 1. The van der Waals surface area contributed by atoms with Gasteiger partial charge in [-0.2, -0.15) is 4.31 Å². The first kappa shape index (κ1) is 24.0. The summed E-state index contributed by atoms with van der Waals surface area (Å²) in [6.07, 6.45) is -0.0744. The van der Waals surface area contributed by atoms with E-state index in [-0.39, 0.29) is 29.1 Å². The maximum Gasteiger partial charge on any atom is 0.338 e. The molecule has 4 rings (SSSR count). The smallest absolute Gasteiger partial charge is 0.338 e. The fourth-order valence-electron chi connectivity index (χ4n) is 4.21. The number of nitrogens with one attached hydrogen (secondary N) is 1. The number of ether oxygens (including phenoxy) is 3. The fourth-order valence-corrected chi connectivity index (χ4v) is 5.89. The minimum Gasteiger partial charge on any atom is -0.454 e. The molecule has 9 nitrogen and oxygen atoms in total. The van der Waals surface area contributed by atoms with Gasteiger partial charge in [-0.1, -0.05) is 13.8 Å². The second-order valence-electron chi connectivity index (χ2n) is 8.90. The summed E-state index contributed by atoms with van der Waals surface area (Å²) < 4.78 is 43.3. The van der Waals surface area contributed by atoms with Crippen LogP contribution in [0.15, 0.2) is 47.4 Å². The normalized spacial score (nSPS) is 21.0. The third kappa shape index (κ3) is 5.18. The Morgan fingerprint density at radius 3 is 2.35 bits per heavy atom. The molecule has 182 valence electrons. The van der Waals surface area contributed by atoms with Crippen LogP contribution in [-0.4, -0.2) is 50.6 Å². The van der Waals surface area contributed by atoms with Crippen LogP contribution in [0.25, 0.3) is 0 Å². The molecule has 3 atom stereocenters. The highest BCUT2D eigenvalue weighted by molar-refractivity contribution is 7.89. The Balaban J connectivity index is 1.37. The first-order valence-electron chi connectivity index (χ1n) is 11.1. The number of piperidine rings is 1. The number of sulfonamides is 1. The van der Waals surface area contributed by atoms with Crippen LogP contribution in [-0.2, 0) is 19.6 Å². The number of nitrogens with zero attached hydrogens (tertiary/aromatic N) is 1. The van der Waals surface area contributed by atoms with Crippen LogP contribution in [0.4, 0.5) is 5.69 Å². The lowest BCUT2D eigenvalue weighted by atomic mass is 9.94. The average molecular weight is 489 g/mol. The standard InChI is InChI=1S/C24H28N2O7S/c1-15-10-16(2)13-26(12-15)34(29,30)20-7-4-18(5-8-20)24(28)33-17(3)23(27)25-19-6-9-21-22(11-19)32-14-31-21/h4-9,11,15-17H,10,12-14H2,1-3H3,(H,25,27). The predicted molar refractivity (Wildman–Crippen MR) is 124 cm³/mol. The van der Waals surface area contributed by atoms with E-state index >= 15 is 0 Å². The topological polar surface area (TPSA) is 111 Å². The minimum atomic E-state index is -3.65. The zero-order valence-corrected chi connectivity index (χ0v) is 20.1. The maximum absolute atomic E-state index is 13.0. The van der Waals surface area contributed by atoms with Crippen molar-refractivity contribution in [1.82, 2.24) is 4.31 Å². The van der Waals surface area contributed by atoms with Gasteiger partial charge in [0.05, 0.1) is 10.5 Å². The number of carbonyl (C=O) groups excluding carboxylic acids is 2. The number of hydrogen-bond acceptors (Lipinski definition) is 7. The average Bonchev–Trinajstić information content (AvgIpc) is 3.26. The molecule has 2 aromatic rings. The zero-order valence-electron chi connectivity index (χ0n) is 19.3. The highest BCUT2D eigenvalue weighted by atomic mass is 32.2. The largest absolute Gasteiger partial charge is 0.454 e. The van der Waals surface area contributed by atoms with Gasteiger partial charge in [0.1, 0.15) is 0 Å². The SMILES string of the molecule is CC1CC(C)CN(S(=O)(=O)c2ccc(C(=O)OC(C)C(=O)Nc3ccc4c(c3)OCO4)cc2)C1. The van der Waals surface area contributed by atoms with Crippen molar-refractivity contribution in [3.8, 4) is 11.5 Å². The van der Waals surface area contributed by atoms with Gasteiger partial charge in [0.15, 0.2) is 17.6 Å². The molecule has 0 aromatic heterocycles. The molecule has 0 aliphatic carbocycles. The lowest BCUT2D eigenvalue weighted by Gasteiger charge is -2.34. The van der Waals surface area contributed by atoms with E-state index in [1.165, 1.54) is 35.5 Å². The third-order valence-electron chi connectivity index (χ3n) is 5.86. The molecule has 2 aliphatic heterocycles. The molecule has 0 spiro atoms. The molecule has 1 amide bonds. The first-order valence-corrected chi connectivity index (χ1v) is 12.6. The summed E-state index contributed by atoms with van der Waals surface area (Å²) in [5.74, 6) is 0.451. The lowest BCUT2D eigenvalue weighted by Crippen LogP contribution is -2.42. The van der Waals surface area contributed by atoms with E-state index in [9.17, 15) is 18.0 Å². The Morgan fingerprint density at radius 1 is 1.03 bits per heavy atom. The van der Waals surface area contributed by atoms with Gasteiger partial charge in [0, 0.05) is 24.8 Å². The van der Waals surface area contributed by atoms with Crippen molar-refractivity contribution in [2.75, 3.05) is 25.2 Å². The second kappa shape index (κ2) is 9.63. The summed E-state index contributed by atoms with van der Waals surface area (Å²) in [6, 6.07) is 10.5. The summed E-state index contributed by atoms with van der Waals surface area (Å²) in [5.41, 5.74) is 0.634. The highest BCUT2D eigenvalue weighted by Crippen LogP contribution is 2.34. The second-order valence-corrected chi connectivity index (χ2v) is 10.8. The van der Waals surface area contributed by atoms with Gasteiger partial charge in [-0.15, -0.1) is 0 Å². The van der Waals surface area contributed by atoms with Crippen LogP contribution in [0.3, 0.4) is 0 Å². The van der Waals surface area contributed by atoms with Gasteiger partial charge >= 0.3 is 5.97 Å². The molecule has 2 heterocycles. The van der Waals surface area contributed by atoms with E-state index < -0.39 is 28.0 Å². The van der Waals surface area contributed by atoms with Crippen LogP contribution in [0.5, 0.6) is 11.5 Å². The summed E-state index contributed by atoms with van der Waals surface area (Å²) in [7, 11) is -3.65. The molecule has 2 aliphatic rings. The van der Waals surface area contributed by atoms with E-state index in [4.69, 9.17) is 14.2 Å². The predicted octanol–water partition coefficient (Wildman–Crippen LogP) is 3.27. The molecule has 2 aromatic carbocycles. The molecular formula is C24H28N2O7S. The molecular weight excluding hydrogens is 460 g/mol. The quantitative estimate of drug-likeness (QED) is 0.621. The van der Waals surface area contributed by atoms with Gasteiger partial charge in [-0.25, -0.2) is 13.2 Å². The van der Waals surface area contributed by atoms with Gasteiger partial charge in [0.2, 0.25) is 16.8 Å². The van der Waals surface area contributed by atoms with Crippen LogP contribution < -0.4 is 14.8 Å². The fraction of sp³-hybridized carbons (Fsp3) is 0.417. The van der Waals surface area contributed by atoms with Gasteiger partial charge < -0.3 is 19.5 Å². The molecule has 34 heavy (non-hydrogen) atoms. The van der Waals surface area contributed by atoms with Crippen LogP contribution >= 0.6 is 0 Å². The highest BCUT2D eigenvalue weighted by Gasteiger charge is 2.32. The molecule has 1 N–H and O–H groups in total. The van der Waals surface area contributed by atoms with Crippen LogP contribution in [0.2, 0.25) is 0 Å². The van der Waals surface area contributed by atoms with E-state index in [0.717, 1.165) is 6.42 Å². The number of rotatable bonds is 6. The Hall–Kier alpha value is -3.11. The van der Waals surface area contributed by atoms with Crippen molar-refractivity contribution in [2.45, 2.75) is 38.2 Å². The van der Waals surface area contributed by atoms with Crippen molar-refractivity contribution < 1.29 is 32.2 Å². The zero-order chi connectivity index (χ0) is 24.5. The number of fused-ring (bicyclic) bond motifs is 1. The van der Waals surface area contributed by atoms with E-state index in [0.29, 0.717) is 30.3 Å². The van der Waals surface area contributed by atoms with Gasteiger partial charge in [0.25, 0.3) is 5.91 Å². The molecule has 3 unspecified atom stereocenters. The summed E-state index contributed by atoms with van der Waals surface area (Å²) >= 11 is 0. The summed E-state index contributed by atoms with van der Waals surface area (Å²) in [5, 5.41) is 2.66. The molecule has 0 bridgehead atoms. The Bertz CT molecular complexity index is 1170. The van der Waals surface area contributed by atoms with Crippen molar-refractivity contribution in [1.29, 1.82) is 0 Å². The first-order chi connectivity index (χ1) is 16.1. The Kier molecular flexibility index (Phi) is 6.81. The lowest BCUT2D eigenvalue weighted by molar-refractivity contribution is -0.123. The van der Waals surface area contributed by atoms with E-state index in [1.807, 2.05) is 13.8 Å². The summed E-state index contributed by atoms with van der Waals surface area (Å²) in [4.78, 5) is 25.1. The molecule has 1 saturated heterocycles. The monoisotopic (exact) mass is 488 g/mol. The minimum absolute atomic E-state index is 0.122. The van der Waals surface area contributed by atoms with Crippen molar-refractivity contribution in [3.05, 3.63) is 48.0 Å². The molecule has 1 fully saturated rings. The van der Waals surface area contributed by atoms with Gasteiger partial charge in [-0.3, -0.25) is 4.79 Å². The van der Waals surface area contributed by atoms with Gasteiger partial charge in [-0.05, 0) is 61.6 Å². The van der Waals surface area contributed by atoms with E-state index in [1.54, 1.807) is 18.2 Å².